The predicted molar refractivity (Wildman–Crippen MR) is 65.4 cm³/mol. The Morgan fingerprint density at radius 2 is 2.11 bits per heavy atom. The quantitative estimate of drug-likeness (QED) is 0.809. The first-order valence-electron chi connectivity index (χ1n) is 5.64. The van der Waals surface area contributed by atoms with Gasteiger partial charge in [0.2, 0.25) is 0 Å². The highest BCUT2D eigenvalue weighted by Crippen LogP contribution is 2.29. The van der Waals surface area contributed by atoms with Crippen LogP contribution in [-0.2, 0) is 6.61 Å². The molecule has 18 heavy (non-hydrogen) atoms. The summed E-state index contributed by atoms with van der Waals surface area (Å²) in [6.45, 7) is 2.82. The topological polar surface area (TPSA) is 55.4 Å². The maximum atomic E-state index is 8.84. The van der Waals surface area contributed by atoms with E-state index in [1.54, 1.807) is 30.7 Å². The van der Waals surface area contributed by atoms with Crippen molar-refractivity contribution in [3.05, 3.63) is 47.9 Å². The van der Waals surface area contributed by atoms with Crippen LogP contribution in [0.3, 0.4) is 0 Å². The van der Waals surface area contributed by atoms with Crippen LogP contribution in [0.1, 0.15) is 18.1 Å². The van der Waals surface area contributed by atoms with Crippen molar-refractivity contribution in [1.82, 2.24) is 0 Å². The first kappa shape index (κ1) is 12.1. The number of nitriles is 1. The SMILES string of the molecule is CCOc1cc(C#N)ccc1OCc1ccoc1. The van der Waals surface area contributed by atoms with Crippen LogP contribution >= 0.6 is 0 Å². The van der Waals surface area contributed by atoms with E-state index < -0.39 is 0 Å². The van der Waals surface area contributed by atoms with Crippen molar-refractivity contribution in [2.45, 2.75) is 13.5 Å². The van der Waals surface area contributed by atoms with Gasteiger partial charge >= 0.3 is 0 Å². The van der Waals surface area contributed by atoms with E-state index in [1.165, 1.54) is 0 Å². The van der Waals surface area contributed by atoms with Gasteiger partial charge in [0.15, 0.2) is 11.5 Å². The average Bonchev–Trinajstić information content (AvgIpc) is 2.90. The molecule has 0 aliphatic rings. The number of furan rings is 1. The predicted octanol–water partition coefficient (Wildman–Crippen LogP) is 3.13. The molecule has 0 aliphatic carbocycles. The fraction of sp³-hybridized carbons (Fsp3) is 0.214. The third-order valence-electron chi connectivity index (χ3n) is 2.35. The van der Waals surface area contributed by atoms with Gasteiger partial charge in [-0.3, -0.25) is 0 Å². The van der Waals surface area contributed by atoms with Crippen molar-refractivity contribution >= 4 is 0 Å². The molecule has 0 amide bonds. The van der Waals surface area contributed by atoms with Crippen LogP contribution in [0.2, 0.25) is 0 Å². The molecule has 0 atom stereocenters. The third kappa shape index (κ3) is 2.83. The van der Waals surface area contributed by atoms with Crippen LogP contribution in [0.4, 0.5) is 0 Å². The Labute approximate surface area is 105 Å². The minimum absolute atomic E-state index is 0.405. The van der Waals surface area contributed by atoms with E-state index in [0.717, 1.165) is 5.56 Å². The van der Waals surface area contributed by atoms with E-state index >= 15 is 0 Å². The van der Waals surface area contributed by atoms with Crippen LogP contribution in [-0.4, -0.2) is 6.61 Å². The van der Waals surface area contributed by atoms with Crippen LogP contribution in [0, 0.1) is 11.3 Å². The van der Waals surface area contributed by atoms with Crippen LogP contribution in [0.25, 0.3) is 0 Å². The number of ether oxygens (including phenoxy) is 2. The molecule has 4 nitrogen and oxygen atoms in total. The summed E-state index contributed by atoms with van der Waals surface area (Å²) < 4.78 is 16.1. The lowest BCUT2D eigenvalue weighted by atomic mass is 10.2. The lowest BCUT2D eigenvalue weighted by Crippen LogP contribution is -1.99. The Bertz CT molecular complexity index is 541. The fourth-order valence-corrected chi connectivity index (χ4v) is 1.50. The van der Waals surface area contributed by atoms with Gasteiger partial charge in [0.05, 0.1) is 30.8 Å². The minimum Gasteiger partial charge on any atom is -0.490 e. The molecular weight excluding hydrogens is 230 g/mol. The zero-order valence-electron chi connectivity index (χ0n) is 10.1. The maximum absolute atomic E-state index is 8.84. The summed E-state index contributed by atoms with van der Waals surface area (Å²) in [6, 6.07) is 9.03. The second-order valence-corrected chi connectivity index (χ2v) is 3.63. The smallest absolute Gasteiger partial charge is 0.162 e. The Morgan fingerprint density at radius 1 is 1.22 bits per heavy atom. The van der Waals surface area contributed by atoms with Crippen LogP contribution < -0.4 is 9.47 Å². The van der Waals surface area contributed by atoms with Crippen molar-refractivity contribution in [2.24, 2.45) is 0 Å². The van der Waals surface area contributed by atoms with E-state index in [2.05, 4.69) is 6.07 Å². The Morgan fingerprint density at radius 3 is 2.78 bits per heavy atom. The molecule has 1 aromatic heterocycles. The lowest BCUT2D eigenvalue weighted by Gasteiger charge is -2.11. The van der Waals surface area contributed by atoms with Crippen molar-refractivity contribution in [3.8, 4) is 17.6 Å². The minimum atomic E-state index is 0.405. The normalized spacial score (nSPS) is 9.78. The van der Waals surface area contributed by atoms with Gasteiger partial charge in [0.1, 0.15) is 6.61 Å². The highest BCUT2D eigenvalue weighted by Gasteiger charge is 2.07. The molecule has 0 saturated heterocycles. The van der Waals surface area contributed by atoms with Gasteiger partial charge in [-0.15, -0.1) is 0 Å². The molecule has 1 aromatic carbocycles. The Kier molecular flexibility index (Phi) is 3.87. The molecule has 0 saturated carbocycles. The number of nitrogens with zero attached hydrogens (tertiary/aromatic N) is 1. The molecule has 2 rings (SSSR count). The summed E-state index contributed by atoms with van der Waals surface area (Å²) >= 11 is 0. The van der Waals surface area contributed by atoms with Gasteiger partial charge < -0.3 is 13.9 Å². The third-order valence-corrected chi connectivity index (χ3v) is 2.35. The standard InChI is InChI=1S/C14H13NO3/c1-2-17-14-7-11(8-15)3-4-13(14)18-10-12-5-6-16-9-12/h3-7,9H,2,10H2,1H3. The molecule has 0 N–H and O–H groups in total. The largest absolute Gasteiger partial charge is 0.490 e. The molecule has 0 radical (unpaired) electrons. The van der Waals surface area contributed by atoms with Crippen LogP contribution in [0.5, 0.6) is 11.5 Å². The molecule has 1 heterocycles. The van der Waals surface area contributed by atoms with Crippen molar-refractivity contribution in [3.63, 3.8) is 0 Å². The number of rotatable bonds is 5. The maximum Gasteiger partial charge on any atom is 0.162 e. The van der Waals surface area contributed by atoms with E-state index in [-0.39, 0.29) is 0 Å². The van der Waals surface area contributed by atoms with E-state index in [1.807, 2.05) is 13.0 Å². The lowest BCUT2D eigenvalue weighted by molar-refractivity contribution is 0.268. The summed E-state index contributed by atoms with van der Waals surface area (Å²) in [6.07, 6.45) is 3.23. The highest BCUT2D eigenvalue weighted by molar-refractivity contribution is 5.46. The summed E-state index contributed by atoms with van der Waals surface area (Å²) in [5, 5.41) is 8.84. The monoisotopic (exact) mass is 243 g/mol. The van der Waals surface area contributed by atoms with Gasteiger partial charge in [0.25, 0.3) is 0 Å². The molecule has 4 heteroatoms. The van der Waals surface area contributed by atoms with E-state index in [0.29, 0.717) is 30.3 Å². The first-order chi connectivity index (χ1) is 8.83. The molecule has 0 aliphatic heterocycles. The number of hydrogen-bond acceptors (Lipinski definition) is 4. The van der Waals surface area contributed by atoms with E-state index in [9.17, 15) is 0 Å². The molecule has 2 aromatic rings. The zero-order chi connectivity index (χ0) is 12.8. The molecular formula is C14H13NO3. The van der Waals surface area contributed by atoms with Gasteiger partial charge in [0, 0.05) is 11.6 Å². The van der Waals surface area contributed by atoms with Gasteiger partial charge in [-0.1, -0.05) is 0 Å². The molecule has 0 bridgehead atoms. The van der Waals surface area contributed by atoms with Crippen LogP contribution in [0.15, 0.2) is 41.2 Å². The fourth-order valence-electron chi connectivity index (χ4n) is 1.50. The number of benzene rings is 1. The summed E-state index contributed by atoms with van der Waals surface area (Å²) in [5.74, 6) is 1.21. The molecule has 0 spiro atoms. The second kappa shape index (κ2) is 5.78. The molecule has 0 unspecified atom stereocenters. The van der Waals surface area contributed by atoms with Gasteiger partial charge in [-0.05, 0) is 25.1 Å². The van der Waals surface area contributed by atoms with Crippen molar-refractivity contribution < 1.29 is 13.9 Å². The molecule has 92 valence electrons. The average molecular weight is 243 g/mol. The first-order valence-corrected chi connectivity index (χ1v) is 5.64. The zero-order valence-corrected chi connectivity index (χ0v) is 10.1. The van der Waals surface area contributed by atoms with Gasteiger partial charge in [-0.2, -0.15) is 5.26 Å². The molecule has 0 fully saturated rings. The van der Waals surface area contributed by atoms with E-state index in [4.69, 9.17) is 19.2 Å². The van der Waals surface area contributed by atoms with Crippen molar-refractivity contribution in [2.75, 3.05) is 6.61 Å². The second-order valence-electron chi connectivity index (χ2n) is 3.63. The Balaban J connectivity index is 2.13. The summed E-state index contributed by atoms with van der Waals surface area (Å²) in [5.41, 5.74) is 1.50. The Hall–Kier alpha value is -2.41. The van der Waals surface area contributed by atoms with Crippen molar-refractivity contribution in [1.29, 1.82) is 5.26 Å². The summed E-state index contributed by atoms with van der Waals surface area (Å²) in [4.78, 5) is 0. The highest BCUT2D eigenvalue weighted by atomic mass is 16.5. The summed E-state index contributed by atoms with van der Waals surface area (Å²) in [7, 11) is 0. The van der Waals surface area contributed by atoms with Gasteiger partial charge in [-0.25, -0.2) is 0 Å². The number of hydrogen-bond donors (Lipinski definition) is 0.